The number of nitrogens with zero attached hydrogens (tertiary/aromatic N) is 1. The summed E-state index contributed by atoms with van der Waals surface area (Å²) in [6.07, 6.45) is 0. The first-order valence-electron chi connectivity index (χ1n) is 19.8. The Morgan fingerprint density at radius 3 is 1.86 bits per heavy atom. The molecule has 0 atom stereocenters. The van der Waals surface area contributed by atoms with Crippen molar-refractivity contribution in [3.63, 3.8) is 0 Å². The highest BCUT2D eigenvalue weighted by Crippen LogP contribution is 2.52. The highest BCUT2D eigenvalue weighted by atomic mass is 16.3. The fraction of sp³-hybridized carbons (Fsp3) is 0.0545. The van der Waals surface area contributed by atoms with Crippen LogP contribution >= 0.6 is 0 Å². The third kappa shape index (κ3) is 5.33. The number of fused-ring (bicyclic) bond motifs is 7. The van der Waals surface area contributed by atoms with Crippen LogP contribution in [0.1, 0.15) is 25.0 Å². The van der Waals surface area contributed by atoms with E-state index in [1.54, 1.807) is 0 Å². The lowest BCUT2D eigenvalue weighted by Crippen LogP contribution is -2.16. The summed E-state index contributed by atoms with van der Waals surface area (Å²) in [6, 6.07) is 72.7. The second-order valence-electron chi connectivity index (χ2n) is 15.7. The molecule has 1 aliphatic rings. The van der Waals surface area contributed by atoms with E-state index in [0.29, 0.717) is 0 Å². The Labute approximate surface area is 332 Å². The van der Waals surface area contributed by atoms with E-state index in [0.717, 1.165) is 50.1 Å². The van der Waals surface area contributed by atoms with Crippen LogP contribution in [-0.4, -0.2) is 0 Å². The molecule has 1 aliphatic carbocycles. The van der Waals surface area contributed by atoms with Crippen LogP contribution in [0.2, 0.25) is 0 Å². The van der Waals surface area contributed by atoms with Gasteiger partial charge in [0.25, 0.3) is 0 Å². The van der Waals surface area contributed by atoms with Gasteiger partial charge in [0.15, 0.2) is 0 Å². The van der Waals surface area contributed by atoms with Crippen LogP contribution in [0, 0.1) is 0 Å². The van der Waals surface area contributed by atoms with Crippen LogP contribution in [0.5, 0.6) is 0 Å². The van der Waals surface area contributed by atoms with Crippen molar-refractivity contribution in [1.29, 1.82) is 0 Å². The second kappa shape index (κ2) is 13.0. The molecule has 0 saturated heterocycles. The van der Waals surface area contributed by atoms with Crippen LogP contribution in [0.15, 0.2) is 205 Å². The lowest BCUT2D eigenvalue weighted by molar-refractivity contribution is 0.662. The maximum absolute atomic E-state index is 6.30. The van der Waals surface area contributed by atoms with E-state index in [-0.39, 0.29) is 5.41 Å². The summed E-state index contributed by atoms with van der Waals surface area (Å²) in [5.74, 6) is 0. The molecule has 9 aromatic carbocycles. The van der Waals surface area contributed by atoms with Crippen molar-refractivity contribution in [2.75, 3.05) is 4.90 Å². The minimum atomic E-state index is -0.102. The number of hydrogen-bond donors (Lipinski definition) is 0. The van der Waals surface area contributed by atoms with Crippen molar-refractivity contribution in [2.24, 2.45) is 0 Å². The molecule has 57 heavy (non-hydrogen) atoms. The van der Waals surface area contributed by atoms with Crippen molar-refractivity contribution >= 4 is 49.8 Å². The molecule has 0 unspecified atom stereocenters. The first-order chi connectivity index (χ1) is 28.0. The molecule has 1 aromatic heterocycles. The lowest BCUT2D eigenvalue weighted by Gasteiger charge is -2.28. The number of para-hydroxylation sites is 2. The number of benzene rings is 9. The van der Waals surface area contributed by atoms with E-state index in [1.165, 1.54) is 55.3 Å². The molecule has 0 amide bonds. The molecule has 1 heterocycles. The fourth-order valence-electron chi connectivity index (χ4n) is 9.40. The van der Waals surface area contributed by atoms with Gasteiger partial charge in [-0.1, -0.05) is 166 Å². The Hall–Kier alpha value is -7.16. The van der Waals surface area contributed by atoms with Crippen molar-refractivity contribution in [1.82, 2.24) is 0 Å². The first kappa shape index (κ1) is 33.2. The van der Waals surface area contributed by atoms with Gasteiger partial charge in [-0.05, 0) is 109 Å². The highest BCUT2D eigenvalue weighted by molar-refractivity contribution is 6.07. The molecular weight excluding hydrogens is 691 g/mol. The minimum absolute atomic E-state index is 0.102. The summed E-state index contributed by atoms with van der Waals surface area (Å²) in [6.45, 7) is 4.72. The number of rotatable bonds is 6. The molecule has 0 radical (unpaired) electrons. The van der Waals surface area contributed by atoms with Gasteiger partial charge in [0, 0.05) is 33.1 Å². The minimum Gasteiger partial charge on any atom is -0.456 e. The van der Waals surface area contributed by atoms with Gasteiger partial charge in [0.2, 0.25) is 0 Å². The van der Waals surface area contributed by atoms with Crippen LogP contribution in [0.25, 0.3) is 77.2 Å². The predicted octanol–water partition coefficient (Wildman–Crippen LogP) is 15.5. The normalized spacial score (nSPS) is 12.9. The standard InChI is InChI=1S/C55H39NO/c1-55(2)50-25-8-5-20-46(50)48-24-13-23-45(54(48)55)37-28-30-40(31-29-37)56(41-32-33-53-49(35-41)47-21-7-10-27-52(47)57-53)51-26-9-6-19-44(51)39-17-11-16-38(34-39)43-22-12-15-36-14-3-4-18-42(36)43/h3-35H,1-2H3. The molecule has 270 valence electrons. The molecule has 2 heteroatoms. The van der Waals surface area contributed by atoms with Gasteiger partial charge in [0.1, 0.15) is 11.2 Å². The molecule has 2 nitrogen and oxygen atoms in total. The first-order valence-corrected chi connectivity index (χ1v) is 19.8. The third-order valence-electron chi connectivity index (χ3n) is 12.1. The smallest absolute Gasteiger partial charge is 0.135 e. The molecule has 0 aliphatic heterocycles. The van der Waals surface area contributed by atoms with Crippen LogP contribution < -0.4 is 4.90 Å². The molecule has 0 saturated carbocycles. The van der Waals surface area contributed by atoms with Crippen LogP contribution in [0.4, 0.5) is 17.1 Å². The van der Waals surface area contributed by atoms with E-state index in [1.807, 2.05) is 12.1 Å². The van der Waals surface area contributed by atoms with Crippen LogP contribution in [-0.2, 0) is 5.41 Å². The topological polar surface area (TPSA) is 16.4 Å². The number of anilines is 3. The summed E-state index contributed by atoms with van der Waals surface area (Å²) in [4.78, 5) is 2.40. The zero-order chi connectivity index (χ0) is 38.1. The van der Waals surface area contributed by atoms with Gasteiger partial charge in [-0.25, -0.2) is 0 Å². The van der Waals surface area contributed by atoms with Gasteiger partial charge in [-0.3, -0.25) is 0 Å². The lowest BCUT2D eigenvalue weighted by atomic mass is 9.79. The van der Waals surface area contributed by atoms with Crippen LogP contribution in [0.3, 0.4) is 0 Å². The average Bonchev–Trinajstić information content (AvgIpc) is 3.75. The van der Waals surface area contributed by atoms with E-state index in [9.17, 15) is 0 Å². The quantitative estimate of drug-likeness (QED) is 0.169. The van der Waals surface area contributed by atoms with Crippen molar-refractivity contribution in [2.45, 2.75) is 19.3 Å². The van der Waals surface area contributed by atoms with Gasteiger partial charge < -0.3 is 9.32 Å². The molecule has 10 aromatic rings. The molecular formula is C55H39NO. The van der Waals surface area contributed by atoms with Gasteiger partial charge in [0.05, 0.1) is 5.69 Å². The average molecular weight is 730 g/mol. The van der Waals surface area contributed by atoms with Gasteiger partial charge >= 0.3 is 0 Å². The maximum Gasteiger partial charge on any atom is 0.135 e. The Balaban J connectivity index is 1.07. The molecule has 0 N–H and O–H groups in total. The zero-order valence-corrected chi connectivity index (χ0v) is 31.9. The molecule has 0 spiro atoms. The maximum atomic E-state index is 6.30. The van der Waals surface area contributed by atoms with E-state index >= 15 is 0 Å². The van der Waals surface area contributed by atoms with Crippen molar-refractivity contribution in [3.8, 4) is 44.5 Å². The summed E-state index contributed by atoms with van der Waals surface area (Å²) >= 11 is 0. The van der Waals surface area contributed by atoms with Gasteiger partial charge in [-0.2, -0.15) is 0 Å². The predicted molar refractivity (Wildman–Crippen MR) is 240 cm³/mol. The van der Waals surface area contributed by atoms with E-state index in [2.05, 4.69) is 207 Å². The van der Waals surface area contributed by atoms with Crippen molar-refractivity contribution < 1.29 is 4.42 Å². The molecule has 0 fully saturated rings. The Bertz CT molecular complexity index is 3160. The van der Waals surface area contributed by atoms with Gasteiger partial charge in [-0.15, -0.1) is 0 Å². The highest BCUT2D eigenvalue weighted by Gasteiger charge is 2.37. The Kier molecular flexibility index (Phi) is 7.55. The zero-order valence-electron chi connectivity index (χ0n) is 31.9. The Morgan fingerprint density at radius 1 is 0.386 bits per heavy atom. The Morgan fingerprint density at radius 2 is 0.982 bits per heavy atom. The second-order valence-corrected chi connectivity index (χ2v) is 15.7. The SMILES string of the molecule is CC1(C)c2ccccc2-c2cccc(-c3ccc(N(c4ccc5oc6ccccc6c5c4)c4ccccc4-c4cccc(-c5cccc6ccccc56)c4)cc3)c21. The largest absolute Gasteiger partial charge is 0.456 e. The molecule has 0 bridgehead atoms. The van der Waals surface area contributed by atoms with Crippen molar-refractivity contribution in [3.05, 3.63) is 211 Å². The number of furan rings is 1. The summed E-state index contributed by atoms with van der Waals surface area (Å²) < 4.78 is 6.30. The fourth-order valence-corrected chi connectivity index (χ4v) is 9.40. The summed E-state index contributed by atoms with van der Waals surface area (Å²) in [7, 11) is 0. The van der Waals surface area contributed by atoms with E-state index < -0.39 is 0 Å². The summed E-state index contributed by atoms with van der Waals surface area (Å²) in [5, 5.41) is 4.71. The monoisotopic (exact) mass is 729 g/mol. The summed E-state index contributed by atoms with van der Waals surface area (Å²) in [5.41, 5.74) is 17.6. The number of hydrogen-bond acceptors (Lipinski definition) is 2. The third-order valence-corrected chi connectivity index (χ3v) is 12.1. The van der Waals surface area contributed by atoms with E-state index in [4.69, 9.17) is 4.42 Å². The molecule has 11 rings (SSSR count).